The standard InChI is InChI=1S/C26H36ClN7O3/c1-4-5-10-33(13-14-35)18-8-11-34(12-9-18)25(36)17-6-7-20(21(15-17)37-3)30-26-31-23(28-2)22-19(27)16-29-24(22)32-26/h6-7,15-16,18,35H,4-5,8-14H2,1-3H3,(H3,28,29,30,31,32). The quantitative estimate of drug-likeness (QED) is 0.293. The van der Waals surface area contributed by atoms with E-state index < -0.39 is 0 Å². The van der Waals surface area contributed by atoms with Crippen LogP contribution in [0.25, 0.3) is 11.0 Å². The van der Waals surface area contributed by atoms with Gasteiger partial charge in [-0.2, -0.15) is 9.97 Å². The average Bonchev–Trinajstić information content (AvgIpc) is 3.31. The Morgan fingerprint density at radius 3 is 2.76 bits per heavy atom. The number of aromatic amines is 1. The number of hydrogen-bond acceptors (Lipinski definition) is 8. The molecule has 11 heteroatoms. The third kappa shape index (κ3) is 6.08. The molecule has 3 heterocycles. The Hall–Kier alpha value is -3.08. The number of carbonyl (C=O) groups excluding carboxylic acids is 1. The van der Waals surface area contributed by atoms with Crippen LogP contribution in [0.2, 0.25) is 5.02 Å². The van der Waals surface area contributed by atoms with Gasteiger partial charge in [-0.1, -0.05) is 24.9 Å². The van der Waals surface area contributed by atoms with Gasteiger partial charge < -0.3 is 30.4 Å². The number of piperidine rings is 1. The van der Waals surface area contributed by atoms with E-state index in [4.69, 9.17) is 16.3 Å². The predicted octanol–water partition coefficient (Wildman–Crippen LogP) is 4.10. The van der Waals surface area contributed by atoms with Gasteiger partial charge in [0.2, 0.25) is 5.95 Å². The van der Waals surface area contributed by atoms with E-state index >= 15 is 0 Å². The highest BCUT2D eigenvalue weighted by atomic mass is 35.5. The summed E-state index contributed by atoms with van der Waals surface area (Å²) in [6.07, 6.45) is 5.73. The molecule has 4 rings (SSSR count). The molecule has 1 aromatic carbocycles. The summed E-state index contributed by atoms with van der Waals surface area (Å²) < 4.78 is 5.59. The minimum Gasteiger partial charge on any atom is -0.495 e. The molecule has 2 aromatic heterocycles. The molecule has 4 N–H and O–H groups in total. The van der Waals surface area contributed by atoms with E-state index in [9.17, 15) is 9.90 Å². The number of methoxy groups -OCH3 is 1. The molecule has 1 aliphatic rings. The molecule has 1 fully saturated rings. The highest BCUT2D eigenvalue weighted by Crippen LogP contribution is 2.32. The number of nitrogens with one attached hydrogen (secondary N) is 3. The van der Waals surface area contributed by atoms with Crippen LogP contribution in [0, 0.1) is 0 Å². The van der Waals surface area contributed by atoms with E-state index in [1.165, 1.54) is 0 Å². The molecule has 10 nitrogen and oxygen atoms in total. The first-order valence-electron chi connectivity index (χ1n) is 12.8. The van der Waals surface area contributed by atoms with Crippen molar-refractivity contribution in [3.05, 3.63) is 35.0 Å². The van der Waals surface area contributed by atoms with Gasteiger partial charge in [-0.15, -0.1) is 0 Å². The van der Waals surface area contributed by atoms with Crippen LogP contribution in [0.15, 0.2) is 24.4 Å². The van der Waals surface area contributed by atoms with Crippen LogP contribution in [0.4, 0.5) is 17.5 Å². The lowest BCUT2D eigenvalue weighted by molar-refractivity contribution is 0.0586. The number of carbonyl (C=O) groups is 1. The van der Waals surface area contributed by atoms with Crippen molar-refractivity contribution in [2.24, 2.45) is 0 Å². The summed E-state index contributed by atoms with van der Waals surface area (Å²) in [7, 11) is 3.34. The number of likely N-dealkylation sites (tertiary alicyclic amines) is 1. The lowest BCUT2D eigenvalue weighted by atomic mass is 10.0. The van der Waals surface area contributed by atoms with E-state index in [0.29, 0.717) is 65.1 Å². The number of aliphatic hydroxyl groups is 1. The molecule has 0 bridgehead atoms. The maximum atomic E-state index is 13.3. The fourth-order valence-electron chi connectivity index (χ4n) is 4.86. The van der Waals surface area contributed by atoms with E-state index in [0.717, 1.165) is 37.6 Å². The number of aliphatic hydroxyl groups excluding tert-OH is 1. The molecule has 0 unspecified atom stereocenters. The molecule has 0 radical (unpaired) electrons. The highest BCUT2D eigenvalue weighted by Gasteiger charge is 2.27. The smallest absolute Gasteiger partial charge is 0.253 e. The molecule has 3 aromatic rings. The Morgan fingerprint density at radius 2 is 2.08 bits per heavy atom. The molecule has 0 aliphatic carbocycles. The molecule has 200 valence electrons. The van der Waals surface area contributed by atoms with Crippen molar-refractivity contribution in [3.63, 3.8) is 0 Å². The second kappa shape index (κ2) is 12.4. The van der Waals surface area contributed by atoms with Crippen molar-refractivity contribution >= 4 is 46.0 Å². The highest BCUT2D eigenvalue weighted by molar-refractivity contribution is 6.36. The van der Waals surface area contributed by atoms with Gasteiger partial charge in [0.15, 0.2) is 0 Å². The first-order chi connectivity index (χ1) is 18.0. The summed E-state index contributed by atoms with van der Waals surface area (Å²) >= 11 is 6.25. The summed E-state index contributed by atoms with van der Waals surface area (Å²) in [6.45, 7) is 5.41. The topological polar surface area (TPSA) is 119 Å². The van der Waals surface area contributed by atoms with Gasteiger partial charge in [-0.25, -0.2) is 0 Å². The van der Waals surface area contributed by atoms with Crippen LogP contribution in [0.1, 0.15) is 43.0 Å². The number of halogens is 1. The van der Waals surface area contributed by atoms with Crippen LogP contribution >= 0.6 is 11.6 Å². The van der Waals surface area contributed by atoms with Crippen molar-refractivity contribution in [2.75, 3.05) is 57.6 Å². The second-order valence-electron chi connectivity index (χ2n) is 9.18. The Kier molecular flexibility index (Phi) is 9.07. The van der Waals surface area contributed by atoms with Crippen LogP contribution in [-0.4, -0.2) is 88.8 Å². The number of hydrogen-bond donors (Lipinski definition) is 4. The van der Waals surface area contributed by atoms with Gasteiger partial charge in [0.25, 0.3) is 5.91 Å². The van der Waals surface area contributed by atoms with Crippen LogP contribution in [0.5, 0.6) is 5.75 Å². The summed E-state index contributed by atoms with van der Waals surface area (Å²) in [4.78, 5) is 29.6. The number of aromatic nitrogens is 3. The first kappa shape index (κ1) is 27.0. The summed E-state index contributed by atoms with van der Waals surface area (Å²) in [5.74, 6) is 1.47. The van der Waals surface area contributed by atoms with Crippen molar-refractivity contribution < 1.29 is 14.6 Å². The minimum absolute atomic E-state index is 0.0123. The predicted molar refractivity (Wildman–Crippen MR) is 147 cm³/mol. The van der Waals surface area contributed by atoms with Gasteiger partial charge in [0.1, 0.15) is 17.2 Å². The van der Waals surface area contributed by atoms with Gasteiger partial charge in [0.05, 0.1) is 29.8 Å². The van der Waals surface area contributed by atoms with E-state index in [1.54, 1.807) is 38.6 Å². The molecule has 1 amide bonds. The molecule has 1 aliphatic heterocycles. The normalized spacial score (nSPS) is 14.4. The number of unbranched alkanes of at least 4 members (excludes halogenated alkanes) is 1. The van der Waals surface area contributed by atoms with E-state index in [1.807, 2.05) is 4.90 Å². The third-order valence-electron chi connectivity index (χ3n) is 6.87. The zero-order valence-electron chi connectivity index (χ0n) is 21.7. The average molecular weight is 530 g/mol. The second-order valence-corrected chi connectivity index (χ2v) is 9.59. The zero-order valence-corrected chi connectivity index (χ0v) is 22.4. The van der Waals surface area contributed by atoms with Crippen LogP contribution in [-0.2, 0) is 0 Å². The maximum absolute atomic E-state index is 13.3. The fourth-order valence-corrected chi connectivity index (χ4v) is 5.10. The van der Waals surface area contributed by atoms with Crippen molar-refractivity contribution in [1.29, 1.82) is 0 Å². The number of rotatable bonds is 11. The fraction of sp³-hybridized carbons (Fsp3) is 0.500. The summed E-state index contributed by atoms with van der Waals surface area (Å²) in [5.41, 5.74) is 1.82. The Morgan fingerprint density at radius 1 is 1.30 bits per heavy atom. The third-order valence-corrected chi connectivity index (χ3v) is 7.17. The van der Waals surface area contributed by atoms with Crippen molar-refractivity contribution in [3.8, 4) is 5.75 Å². The Bertz CT molecular complexity index is 1210. The monoisotopic (exact) mass is 529 g/mol. The van der Waals surface area contributed by atoms with Crippen LogP contribution < -0.4 is 15.4 Å². The number of H-pyrrole nitrogens is 1. The number of nitrogens with zero attached hydrogens (tertiary/aromatic N) is 4. The van der Waals surface area contributed by atoms with Gasteiger partial charge >= 0.3 is 0 Å². The number of ether oxygens (including phenoxy) is 1. The number of anilines is 3. The van der Waals surface area contributed by atoms with Crippen molar-refractivity contribution in [2.45, 2.75) is 38.6 Å². The first-order valence-corrected chi connectivity index (χ1v) is 13.2. The molecule has 0 saturated carbocycles. The minimum atomic E-state index is -0.0123. The van der Waals surface area contributed by atoms with Crippen molar-refractivity contribution in [1.82, 2.24) is 24.8 Å². The molecular formula is C26H36ClN7O3. The van der Waals surface area contributed by atoms with Gasteiger partial charge in [-0.05, 0) is 44.0 Å². The molecule has 1 saturated heterocycles. The van der Waals surface area contributed by atoms with Gasteiger partial charge in [-0.3, -0.25) is 9.69 Å². The zero-order chi connectivity index (χ0) is 26.4. The lowest BCUT2D eigenvalue weighted by Gasteiger charge is -2.38. The number of benzene rings is 1. The van der Waals surface area contributed by atoms with Gasteiger partial charge in [0, 0.05) is 44.5 Å². The largest absolute Gasteiger partial charge is 0.495 e. The Labute approximate surface area is 222 Å². The lowest BCUT2D eigenvalue weighted by Crippen LogP contribution is -2.47. The van der Waals surface area contributed by atoms with Crippen LogP contribution in [0.3, 0.4) is 0 Å². The maximum Gasteiger partial charge on any atom is 0.253 e. The number of amides is 1. The number of fused-ring (bicyclic) bond motifs is 1. The molecule has 37 heavy (non-hydrogen) atoms. The molecular weight excluding hydrogens is 494 g/mol. The van der Waals surface area contributed by atoms with E-state index in [2.05, 4.69) is 37.4 Å². The van der Waals surface area contributed by atoms with E-state index in [-0.39, 0.29) is 12.5 Å². The molecule has 0 spiro atoms. The summed E-state index contributed by atoms with van der Waals surface area (Å²) in [5, 5.41) is 16.9. The Balaban J connectivity index is 1.45. The summed E-state index contributed by atoms with van der Waals surface area (Å²) in [6, 6.07) is 5.75. The molecule has 0 atom stereocenters. The SMILES string of the molecule is CCCCN(CCO)C1CCN(C(=O)c2ccc(Nc3nc(NC)c4c(Cl)c[nH]c4n3)c(OC)c2)CC1.